The Labute approximate surface area is 148 Å². The average Bonchev–Trinajstić information content (AvgIpc) is 2.60. The molecule has 0 heterocycles. The maximum atomic E-state index is 12.7. The minimum atomic E-state index is -1.01. The molecule has 2 rings (SSSR count). The minimum absolute atomic E-state index is 0.117. The van der Waals surface area contributed by atoms with Gasteiger partial charge in [0.05, 0.1) is 0 Å². The van der Waals surface area contributed by atoms with Gasteiger partial charge in [0.15, 0.2) is 0 Å². The number of rotatable bonds is 8. The van der Waals surface area contributed by atoms with Crippen LogP contribution in [0.3, 0.4) is 0 Å². The number of carbonyl (C=O) groups is 2. The molecule has 0 fully saturated rings. The van der Waals surface area contributed by atoms with Crippen molar-refractivity contribution in [3.05, 3.63) is 71.8 Å². The summed E-state index contributed by atoms with van der Waals surface area (Å²) in [5.74, 6) is -1.37. The first kappa shape index (κ1) is 18.7. The number of aliphatic carboxylic acids is 1. The van der Waals surface area contributed by atoms with Crippen molar-refractivity contribution < 1.29 is 14.7 Å². The Bertz CT molecular complexity index is 683. The third-order valence-electron chi connectivity index (χ3n) is 4.34. The zero-order chi connectivity index (χ0) is 18.2. The van der Waals surface area contributed by atoms with Crippen LogP contribution in [0.4, 0.5) is 0 Å². The second-order valence-corrected chi connectivity index (χ2v) is 6.63. The van der Waals surface area contributed by atoms with Gasteiger partial charge in [0.25, 0.3) is 0 Å². The van der Waals surface area contributed by atoms with E-state index in [1.54, 1.807) is 0 Å². The largest absolute Gasteiger partial charge is 0.480 e. The summed E-state index contributed by atoms with van der Waals surface area (Å²) in [5.41, 5.74) is 1.96. The van der Waals surface area contributed by atoms with Crippen molar-refractivity contribution in [1.29, 1.82) is 0 Å². The third-order valence-corrected chi connectivity index (χ3v) is 4.34. The molecule has 25 heavy (non-hydrogen) atoms. The van der Waals surface area contributed by atoms with Gasteiger partial charge in [0, 0.05) is 12.3 Å². The quantitative estimate of drug-likeness (QED) is 0.775. The van der Waals surface area contributed by atoms with E-state index in [1.165, 1.54) is 0 Å². The molecule has 2 N–H and O–H groups in total. The number of hydrogen-bond donors (Lipinski definition) is 2. The molecule has 2 atom stereocenters. The summed E-state index contributed by atoms with van der Waals surface area (Å²) < 4.78 is 0. The molecule has 4 nitrogen and oxygen atoms in total. The predicted molar refractivity (Wildman–Crippen MR) is 98.2 cm³/mol. The lowest BCUT2D eigenvalue weighted by Crippen LogP contribution is -2.46. The molecule has 0 aliphatic heterocycles. The van der Waals surface area contributed by atoms with Crippen LogP contribution in [0.1, 0.15) is 25.0 Å². The van der Waals surface area contributed by atoms with Crippen LogP contribution in [0.5, 0.6) is 0 Å². The van der Waals surface area contributed by atoms with Crippen molar-refractivity contribution in [3.8, 4) is 0 Å². The summed E-state index contributed by atoms with van der Waals surface area (Å²) in [5, 5.41) is 12.2. The first-order chi connectivity index (χ1) is 12.0. The summed E-state index contributed by atoms with van der Waals surface area (Å²) in [6.07, 6.45) is 0.875. The topological polar surface area (TPSA) is 66.4 Å². The molecule has 0 aromatic heterocycles. The summed E-state index contributed by atoms with van der Waals surface area (Å²) in [7, 11) is 0. The first-order valence-electron chi connectivity index (χ1n) is 8.58. The SMILES string of the molecule is CC(C)C(Cc1ccccc1)C(=O)N[C@@H](Cc1ccccc1)C(=O)O. The molecule has 4 heteroatoms. The molecule has 0 saturated heterocycles. The number of nitrogens with one attached hydrogen (secondary N) is 1. The van der Waals surface area contributed by atoms with Gasteiger partial charge < -0.3 is 10.4 Å². The van der Waals surface area contributed by atoms with E-state index < -0.39 is 12.0 Å². The molecule has 1 unspecified atom stereocenters. The Morgan fingerprint density at radius 2 is 1.36 bits per heavy atom. The normalized spacial score (nSPS) is 13.2. The summed E-state index contributed by atoms with van der Waals surface area (Å²) in [4.78, 5) is 24.3. The molecule has 1 amide bonds. The number of carbonyl (C=O) groups excluding carboxylic acids is 1. The molecule has 2 aromatic carbocycles. The molecule has 0 spiro atoms. The highest BCUT2D eigenvalue weighted by molar-refractivity contribution is 5.85. The van der Waals surface area contributed by atoms with Crippen LogP contribution >= 0.6 is 0 Å². The van der Waals surface area contributed by atoms with Crippen LogP contribution < -0.4 is 5.32 Å². The molecule has 2 aromatic rings. The van der Waals surface area contributed by atoms with E-state index in [9.17, 15) is 14.7 Å². The summed E-state index contributed by atoms with van der Waals surface area (Å²) in [6, 6.07) is 18.2. The second-order valence-electron chi connectivity index (χ2n) is 6.63. The molecule has 0 radical (unpaired) electrons. The van der Waals surface area contributed by atoms with Crippen molar-refractivity contribution in [2.45, 2.75) is 32.7 Å². The van der Waals surface area contributed by atoms with Crippen molar-refractivity contribution in [1.82, 2.24) is 5.32 Å². The molecule has 0 bridgehead atoms. The maximum absolute atomic E-state index is 12.7. The monoisotopic (exact) mass is 339 g/mol. The summed E-state index contributed by atoms with van der Waals surface area (Å²) >= 11 is 0. The van der Waals surface area contributed by atoms with E-state index in [0.29, 0.717) is 6.42 Å². The van der Waals surface area contributed by atoms with Crippen LogP contribution in [-0.4, -0.2) is 23.0 Å². The molecule has 132 valence electrons. The van der Waals surface area contributed by atoms with Crippen molar-refractivity contribution in [2.75, 3.05) is 0 Å². The zero-order valence-corrected chi connectivity index (χ0v) is 14.7. The van der Waals surface area contributed by atoms with Crippen LogP contribution in [0, 0.1) is 11.8 Å². The zero-order valence-electron chi connectivity index (χ0n) is 14.7. The number of carboxylic acid groups (broad SMARTS) is 1. The van der Waals surface area contributed by atoms with Gasteiger partial charge in [-0.2, -0.15) is 0 Å². The fourth-order valence-corrected chi connectivity index (χ4v) is 2.83. The van der Waals surface area contributed by atoms with Gasteiger partial charge in [-0.05, 0) is 23.5 Å². The third kappa shape index (κ3) is 5.75. The second kappa shape index (κ2) is 9.02. The predicted octanol–water partition coefficient (Wildman–Crippen LogP) is 3.31. The van der Waals surface area contributed by atoms with Gasteiger partial charge in [-0.1, -0.05) is 74.5 Å². The lowest BCUT2D eigenvalue weighted by Gasteiger charge is -2.23. The van der Waals surface area contributed by atoms with E-state index >= 15 is 0 Å². The van der Waals surface area contributed by atoms with Crippen molar-refractivity contribution in [2.24, 2.45) is 11.8 Å². The van der Waals surface area contributed by atoms with Gasteiger partial charge in [-0.3, -0.25) is 4.79 Å². The number of hydrogen-bond acceptors (Lipinski definition) is 2. The van der Waals surface area contributed by atoms with Crippen LogP contribution in [0.2, 0.25) is 0 Å². The van der Waals surface area contributed by atoms with E-state index in [2.05, 4.69) is 5.32 Å². The number of benzene rings is 2. The molecular formula is C21H25NO3. The van der Waals surface area contributed by atoms with Crippen molar-refractivity contribution in [3.63, 3.8) is 0 Å². The van der Waals surface area contributed by atoms with Gasteiger partial charge in [0.2, 0.25) is 5.91 Å². The molecular weight excluding hydrogens is 314 g/mol. The smallest absolute Gasteiger partial charge is 0.326 e. The Hall–Kier alpha value is -2.62. The molecule has 0 saturated carbocycles. The highest BCUT2D eigenvalue weighted by atomic mass is 16.4. The number of carboxylic acids is 1. The fourth-order valence-electron chi connectivity index (χ4n) is 2.83. The summed E-state index contributed by atoms with van der Waals surface area (Å²) in [6.45, 7) is 3.97. The van der Waals surface area contributed by atoms with Gasteiger partial charge in [-0.25, -0.2) is 4.79 Å². The van der Waals surface area contributed by atoms with Gasteiger partial charge in [0.1, 0.15) is 6.04 Å². The Morgan fingerprint density at radius 1 is 0.880 bits per heavy atom. The van der Waals surface area contributed by atoms with Crippen LogP contribution in [0.25, 0.3) is 0 Å². The first-order valence-corrected chi connectivity index (χ1v) is 8.58. The highest BCUT2D eigenvalue weighted by Crippen LogP contribution is 2.18. The highest BCUT2D eigenvalue weighted by Gasteiger charge is 2.27. The van der Waals surface area contributed by atoms with Crippen LogP contribution in [0.15, 0.2) is 60.7 Å². The van der Waals surface area contributed by atoms with E-state index in [-0.39, 0.29) is 24.2 Å². The molecule has 0 aliphatic rings. The lowest BCUT2D eigenvalue weighted by molar-refractivity contribution is -0.142. The van der Waals surface area contributed by atoms with E-state index in [1.807, 2.05) is 74.5 Å². The van der Waals surface area contributed by atoms with Crippen LogP contribution in [-0.2, 0) is 22.4 Å². The Kier molecular flexibility index (Phi) is 6.75. The van der Waals surface area contributed by atoms with E-state index in [4.69, 9.17) is 0 Å². The standard InChI is InChI=1S/C21H25NO3/c1-15(2)18(13-16-9-5-3-6-10-16)20(23)22-19(21(24)25)14-17-11-7-4-8-12-17/h3-12,15,18-19H,13-14H2,1-2H3,(H,22,23)(H,24,25)/t18?,19-/m0/s1. The Morgan fingerprint density at radius 3 is 1.80 bits per heavy atom. The van der Waals surface area contributed by atoms with Gasteiger partial charge in [-0.15, -0.1) is 0 Å². The fraction of sp³-hybridized carbons (Fsp3) is 0.333. The minimum Gasteiger partial charge on any atom is -0.480 e. The molecule has 0 aliphatic carbocycles. The lowest BCUT2D eigenvalue weighted by atomic mass is 9.88. The van der Waals surface area contributed by atoms with Gasteiger partial charge >= 0.3 is 5.97 Å². The van der Waals surface area contributed by atoms with E-state index in [0.717, 1.165) is 11.1 Å². The average molecular weight is 339 g/mol. The Balaban J connectivity index is 2.07. The maximum Gasteiger partial charge on any atom is 0.326 e. The van der Waals surface area contributed by atoms with Crippen molar-refractivity contribution >= 4 is 11.9 Å². The number of amides is 1.